The maximum absolute atomic E-state index is 5.27. The SMILES string of the molecule is CCCNCc1ccc(Sc2cccc(OC)c2)cc1C. The summed E-state index contributed by atoms with van der Waals surface area (Å²) in [6, 6.07) is 14.8. The van der Waals surface area contributed by atoms with Gasteiger partial charge in [-0.05, 0) is 61.3 Å². The van der Waals surface area contributed by atoms with Crippen LogP contribution >= 0.6 is 11.8 Å². The quantitative estimate of drug-likeness (QED) is 0.752. The van der Waals surface area contributed by atoms with Gasteiger partial charge in [0.1, 0.15) is 5.75 Å². The van der Waals surface area contributed by atoms with E-state index >= 15 is 0 Å². The second kappa shape index (κ2) is 8.11. The van der Waals surface area contributed by atoms with Crippen LogP contribution in [0.3, 0.4) is 0 Å². The minimum Gasteiger partial charge on any atom is -0.497 e. The lowest BCUT2D eigenvalue weighted by Gasteiger charge is -2.10. The summed E-state index contributed by atoms with van der Waals surface area (Å²) in [5, 5.41) is 3.45. The number of aryl methyl sites for hydroxylation is 1. The molecule has 0 saturated heterocycles. The van der Waals surface area contributed by atoms with E-state index in [0.29, 0.717) is 0 Å². The first-order chi connectivity index (χ1) is 10.2. The lowest BCUT2D eigenvalue weighted by molar-refractivity contribution is 0.413. The number of benzene rings is 2. The monoisotopic (exact) mass is 301 g/mol. The molecule has 0 spiro atoms. The predicted octanol–water partition coefficient (Wildman–Crippen LogP) is 4.65. The Hall–Kier alpha value is -1.45. The largest absolute Gasteiger partial charge is 0.497 e. The highest BCUT2D eigenvalue weighted by Crippen LogP contribution is 2.31. The van der Waals surface area contributed by atoms with Crippen molar-refractivity contribution in [3.05, 3.63) is 53.6 Å². The molecule has 2 rings (SSSR count). The third-order valence-electron chi connectivity index (χ3n) is 3.33. The van der Waals surface area contributed by atoms with Gasteiger partial charge in [-0.3, -0.25) is 0 Å². The van der Waals surface area contributed by atoms with Crippen LogP contribution in [0.15, 0.2) is 52.3 Å². The molecule has 112 valence electrons. The molecule has 0 atom stereocenters. The van der Waals surface area contributed by atoms with Crippen LogP contribution in [0.4, 0.5) is 0 Å². The molecule has 21 heavy (non-hydrogen) atoms. The zero-order valence-electron chi connectivity index (χ0n) is 13.0. The summed E-state index contributed by atoms with van der Waals surface area (Å²) in [7, 11) is 1.70. The van der Waals surface area contributed by atoms with Gasteiger partial charge in [0.05, 0.1) is 7.11 Å². The molecule has 1 N–H and O–H groups in total. The van der Waals surface area contributed by atoms with Gasteiger partial charge in [0.25, 0.3) is 0 Å². The van der Waals surface area contributed by atoms with E-state index in [1.54, 1.807) is 18.9 Å². The molecule has 0 saturated carbocycles. The Morgan fingerprint density at radius 1 is 1.10 bits per heavy atom. The molecule has 0 aliphatic carbocycles. The summed E-state index contributed by atoms with van der Waals surface area (Å²) >= 11 is 1.77. The van der Waals surface area contributed by atoms with E-state index in [-0.39, 0.29) is 0 Å². The molecular formula is C18H23NOS. The summed E-state index contributed by atoms with van der Waals surface area (Å²) in [4.78, 5) is 2.46. The molecule has 3 heteroatoms. The van der Waals surface area contributed by atoms with Crippen molar-refractivity contribution in [1.29, 1.82) is 0 Å². The summed E-state index contributed by atoms with van der Waals surface area (Å²) in [6.45, 7) is 6.38. The van der Waals surface area contributed by atoms with Crippen LogP contribution in [0.25, 0.3) is 0 Å². The Morgan fingerprint density at radius 2 is 1.90 bits per heavy atom. The van der Waals surface area contributed by atoms with Gasteiger partial charge in [0.15, 0.2) is 0 Å². The maximum Gasteiger partial charge on any atom is 0.119 e. The average Bonchev–Trinajstić information content (AvgIpc) is 2.50. The minimum absolute atomic E-state index is 0.900. The third kappa shape index (κ3) is 4.80. The second-order valence-corrected chi connectivity index (χ2v) is 6.19. The van der Waals surface area contributed by atoms with Crippen molar-refractivity contribution in [3.63, 3.8) is 0 Å². The van der Waals surface area contributed by atoms with E-state index in [0.717, 1.165) is 18.8 Å². The maximum atomic E-state index is 5.27. The standard InChI is InChI=1S/C18H23NOS/c1-4-10-19-13-15-8-9-18(11-14(15)2)21-17-7-5-6-16(12-17)20-3/h5-9,11-12,19H,4,10,13H2,1-3H3. The van der Waals surface area contributed by atoms with E-state index < -0.39 is 0 Å². The Kier molecular flexibility index (Phi) is 6.15. The summed E-state index contributed by atoms with van der Waals surface area (Å²) in [6.07, 6.45) is 1.17. The Morgan fingerprint density at radius 3 is 2.62 bits per heavy atom. The normalized spacial score (nSPS) is 10.6. The summed E-state index contributed by atoms with van der Waals surface area (Å²) in [5.41, 5.74) is 2.71. The van der Waals surface area contributed by atoms with Gasteiger partial charge in [0, 0.05) is 16.3 Å². The van der Waals surface area contributed by atoms with Crippen LogP contribution in [0.5, 0.6) is 5.75 Å². The minimum atomic E-state index is 0.900. The van der Waals surface area contributed by atoms with E-state index in [4.69, 9.17) is 4.74 Å². The Balaban J connectivity index is 2.05. The van der Waals surface area contributed by atoms with Gasteiger partial charge in [0.2, 0.25) is 0 Å². The molecule has 0 unspecified atom stereocenters. The average molecular weight is 301 g/mol. The molecule has 0 amide bonds. The number of nitrogens with one attached hydrogen (secondary N) is 1. The molecular weight excluding hydrogens is 278 g/mol. The summed E-state index contributed by atoms with van der Waals surface area (Å²) < 4.78 is 5.27. The highest BCUT2D eigenvalue weighted by Gasteiger charge is 2.03. The highest BCUT2D eigenvalue weighted by molar-refractivity contribution is 7.99. The van der Waals surface area contributed by atoms with Crippen LogP contribution < -0.4 is 10.1 Å². The zero-order chi connectivity index (χ0) is 15.1. The molecule has 2 aromatic rings. The molecule has 0 fully saturated rings. The van der Waals surface area contributed by atoms with Crippen LogP contribution in [-0.2, 0) is 6.54 Å². The number of ether oxygens (including phenoxy) is 1. The molecule has 0 heterocycles. The topological polar surface area (TPSA) is 21.3 Å². The highest BCUT2D eigenvalue weighted by atomic mass is 32.2. The van der Waals surface area contributed by atoms with E-state index in [1.807, 2.05) is 12.1 Å². The predicted molar refractivity (Wildman–Crippen MR) is 90.3 cm³/mol. The first-order valence-corrected chi connectivity index (χ1v) is 8.16. The Labute approximate surface area is 131 Å². The van der Waals surface area contributed by atoms with E-state index in [2.05, 4.69) is 49.5 Å². The molecule has 0 aliphatic rings. The third-order valence-corrected chi connectivity index (χ3v) is 4.31. The molecule has 0 radical (unpaired) electrons. The van der Waals surface area contributed by atoms with Crippen molar-refractivity contribution in [2.45, 2.75) is 36.6 Å². The van der Waals surface area contributed by atoms with Crippen LogP contribution in [0.1, 0.15) is 24.5 Å². The fraction of sp³-hybridized carbons (Fsp3) is 0.333. The van der Waals surface area contributed by atoms with Crippen LogP contribution in [-0.4, -0.2) is 13.7 Å². The fourth-order valence-corrected chi connectivity index (χ4v) is 3.10. The van der Waals surface area contributed by atoms with Crippen molar-refractivity contribution >= 4 is 11.8 Å². The van der Waals surface area contributed by atoms with Gasteiger partial charge < -0.3 is 10.1 Å². The first-order valence-electron chi connectivity index (χ1n) is 7.35. The van der Waals surface area contributed by atoms with Gasteiger partial charge in [-0.1, -0.05) is 30.8 Å². The number of hydrogen-bond donors (Lipinski definition) is 1. The smallest absolute Gasteiger partial charge is 0.119 e. The van der Waals surface area contributed by atoms with Crippen molar-refractivity contribution in [3.8, 4) is 5.75 Å². The molecule has 0 aromatic heterocycles. The molecule has 2 aromatic carbocycles. The lowest BCUT2D eigenvalue weighted by atomic mass is 10.1. The van der Waals surface area contributed by atoms with Crippen molar-refractivity contribution in [1.82, 2.24) is 5.32 Å². The van der Waals surface area contributed by atoms with Crippen molar-refractivity contribution in [2.75, 3.05) is 13.7 Å². The molecule has 2 nitrogen and oxygen atoms in total. The summed E-state index contributed by atoms with van der Waals surface area (Å²) in [5.74, 6) is 0.900. The van der Waals surface area contributed by atoms with E-state index in [9.17, 15) is 0 Å². The van der Waals surface area contributed by atoms with Gasteiger partial charge >= 0.3 is 0 Å². The zero-order valence-corrected chi connectivity index (χ0v) is 13.8. The Bertz CT molecular complexity index is 583. The number of hydrogen-bond acceptors (Lipinski definition) is 3. The lowest BCUT2D eigenvalue weighted by Crippen LogP contribution is -2.14. The van der Waals surface area contributed by atoms with Gasteiger partial charge in [-0.2, -0.15) is 0 Å². The van der Waals surface area contributed by atoms with Crippen LogP contribution in [0, 0.1) is 6.92 Å². The van der Waals surface area contributed by atoms with Crippen molar-refractivity contribution in [2.24, 2.45) is 0 Å². The first kappa shape index (κ1) is 15.9. The van der Waals surface area contributed by atoms with Gasteiger partial charge in [-0.15, -0.1) is 0 Å². The molecule has 0 aliphatic heterocycles. The molecule has 0 bridgehead atoms. The number of methoxy groups -OCH3 is 1. The second-order valence-electron chi connectivity index (χ2n) is 5.05. The van der Waals surface area contributed by atoms with Gasteiger partial charge in [-0.25, -0.2) is 0 Å². The van der Waals surface area contributed by atoms with Crippen LogP contribution in [0.2, 0.25) is 0 Å². The fourth-order valence-electron chi connectivity index (χ4n) is 2.13. The van der Waals surface area contributed by atoms with E-state index in [1.165, 1.54) is 27.3 Å². The van der Waals surface area contributed by atoms with Crippen molar-refractivity contribution < 1.29 is 4.74 Å². The number of rotatable bonds is 7.